The smallest absolute Gasteiger partial charge is 0.387 e. The van der Waals surface area contributed by atoms with Gasteiger partial charge in [-0.2, -0.15) is 8.78 Å². The lowest BCUT2D eigenvalue weighted by molar-refractivity contribution is -0.0546. The van der Waals surface area contributed by atoms with E-state index < -0.39 is 24.0 Å². The molecule has 2 aliphatic carbocycles. The van der Waals surface area contributed by atoms with E-state index in [0.29, 0.717) is 17.9 Å². The van der Waals surface area contributed by atoms with Crippen LogP contribution in [0.2, 0.25) is 0 Å². The van der Waals surface area contributed by atoms with Gasteiger partial charge in [0.2, 0.25) is 0 Å². The maximum Gasteiger partial charge on any atom is 0.387 e. The molecule has 31 heavy (non-hydrogen) atoms. The quantitative estimate of drug-likeness (QED) is 0.276. The van der Waals surface area contributed by atoms with E-state index in [4.69, 9.17) is 0 Å². The van der Waals surface area contributed by atoms with Crippen LogP contribution in [0.25, 0.3) is 0 Å². The van der Waals surface area contributed by atoms with Crippen molar-refractivity contribution in [3.05, 3.63) is 41.5 Å². The molecule has 0 radical (unpaired) electrons. The van der Waals surface area contributed by atoms with E-state index in [-0.39, 0.29) is 0 Å². The molecule has 1 aromatic rings. The number of hydrogen-bond donors (Lipinski definition) is 0. The number of aryl methyl sites for hydroxylation is 1. The van der Waals surface area contributed by atoms with Crippen molar-refractivity contribution in [3.8, 4) is 5.75 Å². The summed E-state index contributed by atoms with van der Waals surface area (Å²) in [4.78, 5) is 0. The van der Waals surface area contributed by atoms with Gasteiger partial charge in [0.15, 0.2) is 17.4 Å². The second-order valence-electron chi connectivity index (χ2n) is 9.51. The summed E-state index contributed by atoms with van der Waals surface area (Å²) in [6.45, 7) is -1.15. The molecule has 0 bridgehead atoms. The van der Waals surface area contributed by atoms with Gasteiger partial charge in [-0.05, 0) is 99.7 Å². The molecule has 0 unspecified atom stereocenters. The summed E-state index contributed by atoms with van der Waals surface area (Å²) >= 11 is 0. The van der Waals surface area contributed by atoms with Crippen LogP contribution in [0.15, 0.2) is 24.3 Å². The lowest BCUT2D eigenvalue weighted by Crippen LogP contribution is -2.26. The summed E-state index contributed by atoms with van der Waals surface area (Å²) in [5, 5.41) is 0. The van der Waals surface area contributed by atoms with Crippen molar-refractivity contribution in [3.63, 3.8) is 0 Å². The number of ether oxygens (including phenoxy) is 1. The van der Waals surface area contributed by atoms with Crippen LogP contribution in [0.5, 0.6) is 5.75 Å². The summed E-state index contributed by atoms with van der Waals surface area (Å²) in [7, 11) is 0. The van der Waals surface area contributed by atoms with Crippen molar-refractivity contribution < 1.29 is 22.3 Å². The first kappa shape index (κ1) is 24.1. The predicted molar refractivity (Wildman–Crippen MR) is 116 cm³/mol. The van der Waals surface area contributed by atoms with Gasteiger partial charge in [0.25, 0.3) is 0 Å². The summed E-state index contributed by atoms with van der Waals surface area (Å²) in [5.74, 6) is 0.105. The standard InChI is InChI=1S/C26H36F4O/c1-2-3-4-5-18-8-12-21(13-9-18)22-14-10-19(11-15-22)6-7-20-16-23(27)25(24(28)17-20)31-26(29)30/h2-3,16-19,21-22,26H,4-15H2,1H3/b3-2+. The van der Waals surface area contributed by atoms with Crippen LogP contribution in [0.4, 0.5) is 17.6 Å². The largest absolute Gasteiger partial charge is 0.429 e. The van der Waals surface area contributed by atoms with Crippen LogP contribution in [0, 0.1) is 35.3 Å². The van der Waals surface area contributed by atoms with Gasteiger partial charge in [0.1, 0.15) is 0 Å². The molecule has 2 aliphatic rings. The average Bonchev–Trinajstić information content (AvgIpc) is 2.76. The molecular formula is C26H36F4O. The zero-order valence-corrected chi connectivity index (χ0v) is 18.6. The molecular weight excluding hydrogens is 404 g/mol. The molecule has 0 N–H and O–H groups in total. The SMILES string of the molecule is C/C=C/CCC1CCC(C2CCC(CCc3cc(F)c(OC(F)F)c(F)c3)CC2)CC1. The monoisotopic (exact) mass is 440 g/mol. The minimum Gasteiger partial charge on any atom is -0.429 e. The van der Waals surface area contributed by atoms with E-state index >= 15 is 0 Å². The molecule has 0 aromatic heterocycles. The first-order valence-electron chi connectivity index (χ1n) is 12.0. The molecule has 0 saturated heterocycles. The third-order valence-corrected chi connectivity index (χ3v) is 7.53. The number of rotatable bonds is 9. The van der Waals surface area contributed by atoms with E-state index in [1.807, 2.05) is 0 Å². The minimum absolute atomic E-state index is 0.509. The van der Waals surface area contributed by atoms with Crippen molar-refractivity contribution >= 4 is 0 Å². The fourth-order valence-electron chi connectivity index (χ4n) is 5.72. The molecule has 2 saturated carbocycles. The van der Waals surface area contributed by atoms with Gasteiger partial charge in [-0.15, -0.1) is 0 Å². The third-order valence-electron chi connectivity index (χ3n) is 7.53. The highest BCUT2D eigenvalue weighted by atomic mass is 19.3. The Morgan fingerprint density at radius 2 is 1.39 bits per heavy atom. The highest BCUT2D eigenvalue weighted by Gasteiger charge is 2.30. The topological polar surface area (TPSA) is 9.23 Å². The molecule has 174 valence electrons. The summed E-state index contributed by atoms with van der Waals surface area (Å²) in [6, 6.07) is 2.25. The Kier molecular flexibility index (Phi) is 9.28. The molecule has 5 heteroatoms. The Labute approximate surface area is 184 Å². The second-order valence-corrected chi connectivity index (χ2v) is 9.51. The van der Waals surface area contributed by atoms with Gasteiger partial charge in [0.05, 0.1) is 0 Å². The van der Waals surface area contributed by atoms with E-state index in [1.165, 1.54) is 64.2 Å². The number of hydrogen-bond acceptors (Lipinski definition) is 1. The minimum atomic E-state index is -3.24. The van der Waals surface area contributed by atoms with Crippen molar-refractivity contribution in [2.75, 3.05) is 0 Å². The van der Waals surface area contributed by atoms with Crippen molar-refractivity contribution in [1.29, 1.82) is 0 Å². The summed E-state index contributed by atoms with van der Waals surface area (Å²) in [5.41, 5.74) is 0.509. The first-order chi connectivity index (χ1) is 15.0. The van der Waals surface area contributed by atoms with Crippen LogP contribution in [-0.4, -0.2) is 6.61 Å². The molecule has 1 aromatic carbocycles. The molecule has 0 amide bonds. The Balaban J connectivity index is 1.39. The van der Waals surface area contributed by atoms with Crippen LogP contribution < -0.4 is 4.74 Å². The summed E-state index contributed by atoms with van der Waals surface area (Å²) < 4.78 is 56.3. The maximum absolute atomic E-state index is 13.9. The van der Waals surface area contributed by atoms with Gasteiger partial charge in [-0.1, -0.05) is 37.8 Å². The highest BCUT2D eigenvalue weighted by Crippen LogP contribution is 2.43. The zero-order valence-electron chi connectivity index (χ0n) is 18.6. The van der Waals surface area contributed by atoms with E-state index in [9.17, 15) is 17.6 Å². The molecule has 2 fully saturated rings. The van der Waals surface area contributed by atoms with E-state index in [2.05, 4.69) is 23.8 Å². The first-order valence-corrected chi connectivity index (χ1v) is 12.0. The van der Waals surface area contributed by atoms with E-state index in [1.54, 1.807) is 0 Å². The fraction of sp³-hybridized carbons (Fsp3) is 0.692. The second kappa shape index (κ2) is 11.9. The van der Waals surface area contributed by atoms with Gasteiger partial charge in [0, 0.05) is 0 Å². The van der Waals surface area contributed by atoms with E-state index in [0.717, 1.165) is 36.3 Å². The highest BCUT2D eigenvalue weighted by molar-refractivity contribution is 5.31. The van der Waals surface area contributed by atoms with Gasteiger partial charge >= 0.3 is 6.61 Å². The zero-order chi connectivity index (χ0) is 22.2. The van der Waals surface area contributed by atoms with Gasteiger partial charge in [-0.3, -0.25) is 0 Å². The van der Waals surface area contributed by atoms with Gasteiger partial charge < -0.3 is 4.74 Å². The van der Waals surface area contributed by atoms with Crippen molar-refractivity contribution in [2.24, 2.45) is 23.7 Å². The van der Waals surface area contributed by atoms with Crippen molar-refractivity contribution in [1.82, 2.24) is 0 Å². The molecule has 0 heterocycles. The molecule has 1 nitrogen and oxygen atoms in total. The molecule has 0 spiro atoms. The molecule has 0 aliphatic heterocycles. The Morgan fingerprint density at radius 1 is 0.871 bits per heavy atom. The predicted octanol–water partition coefficient (Wildman–Crippen LogP) is 8.47. The lowest BCUT2D eigenvalue weighted by Gasteiger charge is -2.38. The number of halogens is 4. The maximum atomic E-state index is 13.9. The normalized spacial score (nSPS) is 27.2. The Hall–Kier alpha value is -1.52. The Bertz CT molecular complexity index is 678. The lowest BCUT2D eigenvalue weighted by atomic mass is 9.68. The van der Waals surface area contributed by atoms with Crippen LogP contribution in [0.3, 0.4) is 0 Å². The van der Waals surface area contributed by atoms with Crippen LogP contribution in [-0.2, 0) is 6.42 Å². The van der Waals surface area contributed by atoms with Crippen LogP contribution >= 0.6 is 0 Å². The molecule has 3 rings (SSSR count). The van der Waals surface area contributed by atoms with Gasteiger partial charge in [-0.25, -0.2) is 8.78 Å². The Morgan fingerprint density at radius 3 is 1.87 bits per heavy atom. The number of alkyl halides is 2. The number of allylic oxidation sites excluding steroid dienone is 2. The molecule has 0 atom stereocenters. The van der Waals surface area contributed by atoms with Crippen LogP contribution in [0.1, 0.15) is 83.1 Å². The third kappa shape index (κ3) is 7.25. The summed E-state index contributed by atoms with van der Waals surface area (Å²) in [6.07, 6.45) is 18.8. The number of benzene rings is 1. The average molecular weight is 441 g/mol. The van der Waals surface area contributed by atoms with Crippen molar-refractivity contribution in [2.45, 2.75) is 90.6 Å². The fourth-order valence-corrected chi connectivity index (χ4v) is 5.72.